The molecule has 0 saturated heterocycles. The summed E-state index contributed by atoms with van der Waals surface area (Å²) in [6.45, 7) is 3.69. The monoisotopic (exact) mass is 293 g/mol. The van der Waals surface area contributed by atoms with E-state index in [0.29, 0.717) is 16.3 Å². The van der Waals surface area contributed by atoms with E-state index >= 15 is 0 Å². The van der Waals surface area contributed by atoms with Gasteiger partial charge < -0.3 is 4.74 Å². The van der Waals surface area contributed by atoms with Crippen molar-refractivity contribution in [3.05, 3.63) is 35.5 Å². The molecule has 0 fully saturated rings. The van der Waals surface area contributed by atoms with E-state index < -0.39 is 5.41 Å². The highest BCUT2D eigenvalue weighted by molar-refractivity contribution is 6.35. The van der Waals surface area contributed by atoms with Crippen LogP contribution in [0.2, 0.25) is 5.02 Å². The lowest BCUT2D eigenvalue weighted by Gasteiger charge is -2.22. The summed E-state index contributed by atoms with van der Waals surface area (Å²) in [7, 11) is 0. The number of halogens is 1. The summed E-state index contributed by atoms with van der Waals surface area (Å²) in [5.41, 5.74) is 2.06. The molecule has 5 nitrogen and oxygen atoms in total. The van der Waals surface area contributed by atoms with Crippen molar-refractivity contribution in [3.8, 4) is 5.75 Å². The molecule has 2 aromatic rings. The average Bonchev–Trinajstić information content (AvgIpc) is 2.46. The minimum Gasteiger partial charge on any atom is -0.490 e. The van der Waals surface area contributed by atoms with Gasteiger partial charge in [-0.1, -0.05) is 11.6 Å². The molecule has 0 bridgehead atoms. The molecule has 0 aliphatic carbocycles. The van der Waals surface area contributed by atoms with Gasteiger partial charge in [0.25, 0.3) is 0 Å². The van der Waals surface area contributed by atoms with Crippen LogP contribution >= 0.6 is 11.6 Å². The number of hydrogen-bond donors (Lipinski definition) is 2. The fourth-order valence-electron chi connectivity index (χ4n) is 1.75. The van der Waals surface area contributed by atoms with Crippen LogP contribution in [0.15, 0.2) is 30.5 Å². The first kappa shape index (κ1) is 14.6. The first-order chi connectivity index (χ1) is 9.45. The zero-order valence-corrected chi connectivity index (χ0v) is 12.1. The molecule has 1 aromatic heterocycles. The van der Waals surface area contributed by atoms with Crippen LogP contribution in [0.25, 0.3) is 10.9 Å². The number of hydrazine groups is 1. The van der Waals surface area contributed by atoms with Gasteiger partial charge in [-0.05, 0) is 38.1 Å². The van der Waals surface area contributed by atoms with E-state index in [1.807, 2.05) is 12.1 Å². The van der Waals surface area contributed by atoms with Crippen LogP contribution < -0.4 is 16.0 Å². The van der Waals surface area contributed by atoms with Crippen molar-refractivity contribution in [1.82, 2.24) is 10.4 Å². The lowest BCUT2D eigenvalue weighted by atomic mass is 9.94. The average molecular weight is 294 g/mol. The number of aromatic nitrogens is 1. The zero-order valence-electron chi connectivity index (χ0n) is 11.3. The third-order valence-corrected chi connectivity index (χ3v) is 3.34. The maximum absolute atomic E-state index is 11.6. The molecule has 0 spiro atoms. The van der Waals surface area contributed by atoms with Gasteiger partial charge in [-0.15, -0.1) is 0 Å². The summed E-state index contributed by atoms with van der Waals surface area (Å²) < 4.78 is 5.72. The van der Waals surface area contributed by atoms with Gasteiger partial charge in [0, 0.05) is 11.6 Å². The number of hydrogen-bond acceptors (Lipinski definition) is 4. The first-order valence-corrected chi connectivity index (χ1v) is 6.50. The molecular weight excluding hydrogens is 278 g/mol. The van der Waals surface area contributed by atoms with E-state index in [0.717, 1.165) is 5.39 Å². The number of pyridine rings is 1. The van der Waals surface area contributed by atoms with E-state index in [-0.39, 0.29) is 12.5 Å². The Balaban J connectivity index is 2.27. The Morgan fingerprint density at radius 2 is 2.20 bits per heavy atom. The number of rotatable bonds is 4. The molecule has 3 N–H and O–H groups in total. The van der Waals surface area contributed by atoms with Gasteiger partial charge in [0.2, 0.25) is 5.91 Å². The number of carbonyl (C=O) groups excluding carboxylic acids is 1. The molecule has 1 aromatic carbocycles. The maximum atomic E-state index is 11.6. The number of carbonyl (C=O) groups is 1. The fourth-order valence-corrected chi connectivity index (χ4v) is 1.96. The summed E-state index contributed by atoms with van der Waals surface area (Å²) in [4.78, 5) is 15.9. The highest BCUT2D eigenvalue weighted by Gasteiger charge is 2.28. The number of nitrogens with zero attached hydrogens (tertiary/aromatic N) is 1. The van der Waals surface area contributed by atoms with Crippen LogP contribution in [0.1, 0.15) is 13.8 Å². The Morgan fingerprint density at radius 3 is 2.90 bits per heavy atom. The normalized spacial score (nSPS) is 11.4. The summed E-state index contributed by atoms with van der Waals surface area (Å²) in [5, 5.41) is 1.42. The van der Waals surface area contributed by atoms with E-state index in [1.54, 1.807) is 32.2 Å². The summed E-state index contributed by atoms with van der Waals surface area (Å²) in [5.74, 6) is 5.45. The first-order valence-electron chi connectivity index (χ1n) is 6.13. The van der Waals surface area contributed by atoms with Crippen molar-refractivity contribution in [2.45, 2.75) is 13.8 Å². The van der Waals surface area contributed by atoms with Gasteiger partial charge in [0.15, 0.2) is 0 Å². The van der Waals surface area contributed by atoms with Crippen molar-refractivity contribution in [3.63, 3.8) is 0 Å². The molecule has 0 radical (unpaired) electrons. The lowest BCUT2D eigenvalue weighted by molar-refractivity contribution is -0.130. The van der Waals surface area contributed by atoms with Crippen molar-refractivity contribution in [1.29, 1.82) is 0 Å². The van der Waals surface area contributed by atoms with E-state index in [2.05, 4.69) is 10.4 Å². The van der Waals surface area contributed by atoms with Crippen LogP contribution in [0, 0.1) is 5.41 Å². The number of fused-ring (bicyclic) bond motifs is 1. The van der Waals surface area contributed by atoms with Crippen LogP contribution in [-0.4, -0.2) is 17.5 Å². The predicted octanol–water partition coefficient (Wildman–Crippen LogP) is 2.28. The number of benzene rings is 1. The number of nitrogens with two attached hydrogens (primary N) is 1. The Labute approximate surface area is 122 Å². The van der Waals surface area contributed by atoms with Gasteiger partial charge in [-0.3, -0.25) is 15.2 Å². The van der Waals surface area contributed by atoms with Crippen molar-refractivity contribution >= 4 is 28.4 Å². The molecule has 0 unspecified atom stereocenters. The molecule has 1 amide bonds. The third-order valence-electron chi connectivity index (χ3n) is 3.01. The molecule has 0 aliphatic heterocycles. The van der Waals surface area contributed by atoms with Crippen molar-refractivity contribution in [2.75, 3.05) is 6.61 Å². The van der Waals surface area contributed by atoms with Gasteiger partial charge >= 0.3 is 0 Å². The Bertz CT molecular complexity index is 643. The summed E-state index contributed by atoms with van der Waals surface area (Å²) in [6, 6.07) is 7.17. The smallest absolute Gasteiger partial charge is 0.242 e. The van der Waals surface area contributed by atoms with Crippen LogP contribution in [0.3, 0.4) is 0 Å². The lowest BCUT2D eigenvalue weighted by Crippen LogP contribution is -2.44. The van der Waals surface area contributed by atoms with Gasteiger partial charge in [-0.2, -0.15) is 0 Å². The molecule has 0 aliphatic rings. The van der Waals surface area contributed by atoms with Crippen LogP contribution in [0.4, 0.5) is 0 Å². The SMILES string of the molecule is CC(C)(COc1ccc(Cl)c2cccnc12)C(=O)NN. The Hall–Kier alpha value is -1.85. The van der Waals surface area contributed by atoms with E-state index in [1.165, 1.54) is 0 Å². The molecule has 106 valence electrons. The van der Waals surface area contributed by atoms with Crippen molar-refractivity contribution in [2.24, 2.45) is 11.3 Å². The molecular formula is C14H16ClN3O2. The minimum absolute atomic E-state index is 0.184. The second kappa shape index (κ2) is 5.64. The van der Waals surface area contributed by atoms with Crippen molar-refractivity contribution < 1.29 is 9.53 Å². The van der Waals surface area contributed by atoms with Gasteiger partial charge in [0.05, 0.1) is 10.4 Å². The second-order valence-corrected chi connectivity index (χ2v) is 5.50. The standard InChI is InChI=1S/C14H16ClN3O2/c1-14(2,13(19)18-16)8-20-11-6-5-10(15)9-4-3-7-17-12(9)11/h3-7H,8,16H2,1-2H3,(H,18,19). The number of nitrogens with one attached hydrogen (secondary N) is 1. The molecule has 6 heteroatoms. The summed E-state index contributed by atoms with van der Waals surface area (Å²) >= 11 is 6.12. The Kier molecular flexibility index (Phi) is 4.11. The second-order valence-electron chi connectivity index (χ2n) is 5.09. The number of ether oxygens (including phenoxy) is 1. The highest BCUT2D eigenvalue weighted by atomic mass is 35.5. The molecule has 2 rings (SSSR count). The van der Waals surface area contributed by atoms with E-state index in [9.17, 15) is 4.79 Å². The quantitative estimate of drug-likeness (QED) is 0.515. The van der Waals surface area contributed by atoms with Gasteiger partial charge in [0.1, 0.15) is 17.9 Å². The fraction of sp³-hybridized carbons (Fsp3) is 0.286. The molecule has 1 heterocycles. The highest BCUT2D eigenvalue weighted by Crippen LogP contribution is 2.30. The number of amides is 1. The molecule has 0 saturated carbocycles. The topological polar surface area (TPSA) is 77.2 Å². The maximum Gasteiger partial charge on any atom is 0.242 e. The largest absolute Gasteiger partial charge is 0.490 e. The predicted molar refractivity (Wildman–Crippen MR) is 78.4 cm³/mol. The Morgan fingerprint density at radius 1 is 1.45 bits per heavy atom. The third kappa shape index (κ3) is 2.84. The van der Waals surface area contributed by atoms with Crippen LogP contribution in [0.5, 0.6) is 5.75 Å². The van der Waals surface area contributed by atoms with E-state index in [4.69, 9.17) is 22.2 Å². The van der Waals surface area contributed by atoms with Crippen LogP contribution in [-0.2, 0) is 4.79 Å². The zero-order chi connectivity index (χ0) is 14.8. The van der Waals surface area contributed by atoms with Gasteiger partial charge in [-0.25, -0.2) is 5.84 Å². The molecule has 0 atom stereocenters. The minimum atomic E-state index is -0.741. The molecule has 20 heavy (non-hydrogen) atoms. The summed E-state index contributed by atoms with van der Waals surface area (Å²) in [6.07, 6.45) is 1.67.